The van der Waals surface area contributed by atoms with Crippen molar-refractivity contribution in [2.45, 2.75) is 13.3 Å². The van der Waals surface area contributed by atoms with Gasteiger partial charge in [0.1, 0.15) is 0 Å². The van der Waals surface area contributed by atoms with Gasteiger partial charge in [0.15, 0.2) is 5.78 Å². The second kappa shape index (κ2) is 7.28. The zero-order valence-corrected chi connectivity index (χ0v) is 12.8. The molecule has 0 atom stereocenters. The molecule has 2 rings (SSSR count). The van der Waals surface area contributed by atoms with Gasteiger partial charge in [0.05, 0.1) is 9.85 Å². The Morgan fingerprint density at radius 1 is 1.08 bits per heavy atom. The molecule has 0 unspecified atom stereocenters. The molecule has 0 radical (unpaired) electrons. The van der Waals surface area contributed by atoms with Crippen molar-refractivity contribution in [3.8, 4) is 0 Å². The van der Waals surface area contributed by atoms with E-state index in [4.69, 9.17) is 0 Å². The molecule has 0 aromatic heterocycles. The van der Waals surface area contributed by atoms with Crippen LogP contribution in [-0.4, -0.2) is 15.6 Å². The minimum Gasteiger partial charge on any atom is -0.289 e. The summed E-state index contributed by atoms with van der Waals surface area (Å²) in [5.41, 5.74) is 1.14. The summed E-state index contributed by atoms with van der Waals surface area (Å²) in [5.74, 6) is -0.416. The summed E-state index contributed by atoms with van der Waals surface area (Å²) in [6, 6.07) is 10.1. The molecule has 0 aliphatic heterocycles. The number of aryl methyl sites for hydroxylation is 1. The highest BCUT2D eigenvalue weighted by Gasteiger charge is 2.13. The largest absolute Gasteiger partial charge is 0.289 e. The van der Waals surface area contributed by atoms with Crippen LogP contribution in [0.15, 0.2) is 48.5 Å². The molecule has 0 heterocycles. The van der Waals surface area contributed by atoms with Crippen molar-refractivity contribution in [1.29, 1.82) is 0 Å². The Morgan fingerprint density at radius 3 is 2.46 bits per heavy atom. The van der Waals surface area contributed by atoms with Crippen molar-refractivity contribution in [3.05, 3.63) is 85.5 Å². The van der Waals surface area contributed by atoms with Crippen LogP contribution in [0, 0.1) is 20.2 Å². The molecule has 2 aromatic carbocycles. The number of nitro benzene ring substituents is 2. The third kappa shape index (κ3) is 3.89. The number of carbonyl (C=O) groups is 1. The molecular formula is C17H14N2O5. The minimum absolute atomic E-state index is 0.00227. The third-order valence-corrected chi connectivity index (χ3v) is 3.46. The van der Waals surface area contributed by atoms with Gasteiger partial charge in [-0.3, -0.25) is 25.0 Å². The summed E-state index contributed by atoms with van der Waals surface area (Å²) in [4.78, 5) is 32.8. The smallest absolute Gasteiger partial charge is 0.273 e. The molecule has 0 bridgehead atoms. The molecule has 7 nitrogen and oxygen atoms in total. The highest BCUT2D eigenvalue weighted by molar-refractivity contribution is 6.07. The number of nitrogens with zero attached hydrogens (tertiary/aromatic N) is 2. The number of benzene rings is 2. The van der Waals surface area contributed by atoms with E-state index in [1.54, 1.807) is 12.1 Å². The standard InChI is InChI=1S/C17H14N2O5/c1-2-13-8-6-12(10-16(13)19(23)24)7-9-17(20)14-4-3-5-15(11-14)18(21)22/h3-11H,2H2,1H3/b9-7+. The van der Waals surface area contributed by atoms with Crippen LogP contribution in [0.3, 0.4) is 0 Å². The molecule has 0 amide bonds. The van der Waals surface area contributed by atoms with Gasteiger partial charge >= 0.3 is 0 Å². The lowest BCUT2D eigenvalue weighted by molar-refractivity contribution is -0.385. The monoisotopic (exact) mass is 326 g/mol. The van der Waals surface area contributed by atoms with Crippen LogP contribution in [-0.2, 0) is 6.42 Å². The maximum Gasteiger partial charge on any atom is 0.273 e. The van der Waals surface area contributed by atoms with Gasteiger partial charge in [-0.15, -0.1) is 0 Å². The van der Waals surface area contributed by atoms with Crippen LogP contribution in [0.1, 0.15) is 28.4 Å². The van der Waals surface area contributed by atoms with Crippen molar-refractivity contribution in [2.75, 3.05) is 0 Å². The van der Waals surface area contributed by atoms with Crippen LogP contribution in [0.2, 0.25) is 0 Å². The molecule has 7 heteroatoms. The van der Waals surface area contributed by atoms with Crippen molar-refractivity contribution in [3.63, 3.8) is 0 Å². The van der Waals surface area contributed by atoms with Crippen molar-refractivity contribution in [2.24, 2.45) is 0 Å². The van der Waals surface area contributed by atoms with Gasteiger partial charge in [-0.05, 0) is 18.1 Å². The molecule has 2 aromatic rings. The fraction of sp³-hybridized carbons (Fsp3) is 0.118. The Morgan fingerprint density at radius 2 is 1.83 bits per heavy atom. The number of hydrogen-bond donors (Lipinski definition) is 0. The van der Waals surface area contributed by atoms with Crippen molar-refractivity contribution >= 4 is 23.2 Å². The Kier molecular flexibility index (Phi) is 5.16. The normalized spacial score (nSPS) is 10.7. The summed E-state index contributed by atoms with van der Waals surface area (Å²) < 4.78 is 0. The molecular weight excluding hydrogens is 312 g/mol. The van der Waals surface area contributed by atoms with E-state index in [0.717, 1.165) is 0 Å². The maximum atomic E-state index is 12.1. The molecule has 0 aliphatic carbocycles. The second-order valence-corrected chi connectivity index (χ2v) is 5.00. The average Bonchev–Trinajstić information content (AvgIpc) is 2.59. The average molecular weight is 326 g/mol. The number of non-ortho nitro benzene ring substituents is 1. The predicted octanol–water partition coefficient (Wildman–Crippen LogP) is 3.96. The van der Waals surface area contributed by atoms with Crippen LogP contribution < -0.4 is 0 Å². The van der Waals surface area contributed by atoms with Gasteiger partial charge in [-0.25, -0.2) is 0 Å². The first-order valence-corrected chi connectivity index (χ1v) is 7.16. The van der Waals surface area contributed by atoms with E-state index in [9.17, 15) is 25.0 Å². The van der Waals surface area contributed by atoms with E-state index < -0.39 is 15.6 Å². The lowest BCUT2D eigenvalue weighted by Crippen LogP contribution is -1.97. The van der Waals surface area contributed by atoms with E-state index >= 15 is 0 Å². The molecule has 0 aliphatic rings. The summed E-state index contributed by atoms with van der Waals surface area (Å²) in [6.45, 7) is 1.82. The molecule has 0 spiro atoms. The van der Waals surface area contributed by atoms with Gasteiger partial charge in [-0.1, -0.05) is 37.3 Å². The minimum atomic E-state index is -0.576. The van der Waals surface area contributed by atoms with Crippen LogP contribution in [0.4, 0.5) is 11.4 Å². The zero-order valence-electron chi connectivity index (χ0n) is 12.8. The topological polar surface area (TPSA) is 103 Å². The quantitative estimate of drug-likeness (QED) is 0.346. The lowest BCUT2D eigenvalue weighted by atomic mass is 10.1. The maximum absolute atomic E-state index is 12.1. The molecule has 0 saturated carbocycles. The highest BCUT2D eigenvalue weighted by Crippen LogP contribution is 2.22. The number of ketones is 1. The number of hydrogen-bond acceptors (Lipinski definition) is 5. The van der Waals surface area contributed by atoms with E-state index in [1.807, 2.05) is 6.92 Å². The van der Waals surface area contributed by atoms with E-state index in [1.165, 1.54) is 42.5 Å². The summed E-state index contributed by atoms with van der Waals surface area (Å²) in [7, 11) is 0. The van der Waals surface area contributed by atoms with Crippen molar-refractivity contribution in [1.82, 2.24) is 0 Å². The Hall–Kier alpha value is -3.35. The van der Waals surface area contributed by atoms with Crippen LogP contribution in [0.5, 0.6) is 0 Å². The Labute approximate surface area is 137 Å². The predicted molar refractivity (Wildman–Crippen MR) is 88.9 cm³/mol. The lowest BCUT2D eigenvalue weighted by Gasteiger charge is -2.01. The van der Waals surface area contributed by atoms with Gasteiger partial charge in [0.25, 0.3) is 11.4 Å². The first kappa shape index (κ1) is 17.0. The second-order valence-electron chi connectivity index (χ2n) is 5.00. The molecule has 0 N–H and O–H groups in total. The number of allylic oxidation sites excluding steroid dienone is 1. The highest BCUT2D eigenvalue weighted by atomic mass is 16.6. The zero-order chi connectivity index (χ0) is 17.7. The SMILES string of the molecule is CCc1ccc(/C=C/C(=O)c2cccc([N+](=O)[O-])c2)cc1[N+](=O)[O-]. The van der Waals surface area contributed by atoms with Crippen LogP contribution >= 0.6 is 0 Å². The molecule has 24 heavy (non-hydrogen) atoms. The molecule has 0 saturated heterocycles. The molecule has 122 valence electrons. The van der Waals surface area contributed by atoms with Gasteiger partial charge in [-0.2, -0.15) is 0 Å². The number of carbonyl (C=O) groups excluding carboxylic acids is 1. The molecule has 0 fully saturated rings. The summed E-state index contributed by atoms with van der Waals surface area (Å²) in [6.07, 6.45) is 3.23. The summed E-state index contributed by atoms with van der Waals surface area (Å²) in [5, 5.41) is 21.8. The first-order chi connectivity index (χ1) is 11.4. The summed E-state index contributed by atoms with van der Waals surface area (Å²) >= 11 is 0. The van der Waals surface area contributed by atoms with E-state index in [2.05, 4.69) is 0 Å². The number of nitro groups is 2. The van der Waals surface area contributed by atoms with Gasteiger partial charge in [0, 0.05) is 29.3 Å². The van der Waals surface area contributed by atoms with Gasteiger partial charge in [0.2, 0.25) is 0 Å². The Bertz CT molecular complexity index is 843. The van der Waals surface area contributed by atoms with E-state index in [0.29, 0.717) is 17.5 Å². The van der Waals surface area contributed by atoms with Crippen molar-refractivity contribution < 1.29 is 14.6 Å². The van der Waals surface area contributed by atoms with Gasteiger partial charge < -0.3 is 0 Å². The first-order valence-electron chi connectivity index (χ1n) is 7.16. The Balaban J connectivity index is 2.26. The fourth-order valence-electron chi connectivity index (χ4n) is 2.19. The van der Waals surface area contributed by atoms with Crippen LogP contribution in [0.25, 0.3) is 6.08 Å². The fourth-order valence-corrected chi connectivity index (χ4v) is 2.19. The van der Waals surface area contributed by atoms with E-state index in [-0.39, 0.29) is 16.9 Å². The number of rotatable bonds is 6. The third-order valence-electron chi connectivity index (χ3n) is 3.46.